The van der Waals surface area contributed by atoms with Crippen LogP contribution < -0.4 is 14.8 Å². The number of anilines is 2. The Labute approximate surface area is 143 Å². The lowest BCUT2D eigenvalue weighted by molar-refractivity contribution is 0.415. The summed E-state index contributed by atoms with van der Waals surface area (Å²) in [5.41, 5.74) is 1.44. The maximum Gasteiger partial charge on any atom is 0.250 e. The second-order valence-corrected chi connectivity index (χ2v) is 5.24. The molecule has 0 bridgehead atoms. The summed E-state index contributed by atoms with van der Waals surface area (Å²) in [6.45, 7) is 0. The fourth-order valence-electron chi connectivity index (χ4n) is 2.34. The Morgan fingerprint density at radius 1 is 0.880 bits per heavy atom. The van der Waals surface area contributed by atoms with E-state index in [0.29, 0.717) is 23.2 Å². The third-order valence-electron chi connectivity index (χ3n) is 3.53. The number of benzene rings is 2. The van der Waals surface area contributed by atoms with Crippen molar-refractivity contribution in [2.45, 2.75) is 0 Å². The van der Waals surface area contributed by atoms with Crippen molar-refractivity contribution in [1.82, 2.24) is 19.8 Å². The molecule has 124 valence electrons. The van der Waals surface area contributed by atoms with E-state index >= 15 is 0 Å². The number of nitrogens with zero attached hydrogens (tertiary/aromatic N) is 4. The number of hydrogen-bond acceptors (Lipinski definition) is 6. The van der Waals surface area contributed by atoms with Crippen LogP contribution >= 0.6 is 0 Å². The first-order valence-electron chi connectivity index (χ1n) is 7.68. The van der Waals surface area contributed by atoms with Gasteiger partial charge in [0.25, 0.3) is 5.95 Å². The molecule has 7 nitrogen and oxygen atoms in total. The topological polar surface area (TPSA) is 73.6 Å². The quantitative estimate of drug-likeness (QED) is 0.601. The number of fused-ring (bicyclic) bond motifs is 1. The molecule has 0 saturated heterocycles. The second kappa shape index (κ2) is 6.48. The Kier molecular flexibility index (Phi) is 3.88. The molecule has 0 spiro atoms. The molecule has 0 amide bonds. The van der Waals surface area contributed by atoms with E-state index in [-0.39, 0.29) is 0 Å². The molecule has 0 fully saturated rings. The molecule has 0 aliphatic heterocycles. The Morgan fingerprint density at radius 2 is 1.72 bits per heavy atom. The van der Waals surface area contributed by atoms with Crippen LogP contribution in [0.5, 0.6) is 17.4 Å². The summed E-state index contributed by atoms with van der Waals surface area (Å²) in [4.78, 5) is 0. The van der Waals surface area contributed by atoms with E-state index in [9.17, 15) is 0 Å². The van der Waals surface area contributed by atoms with Crippen LogP contribution in [0.1, 0.15) is 0 Å². The highest BCUT2D eigenvalue weighted by atomic mass is 16.5. The van der Waals surface area contributed by atoms with Crippen LogP contribution in [0.25, 0.3) is 5.65 Å². The monoisotopic (exact) mass is 333 g/mol. The van der Waals surface area contributed by atoms with E-state index in [0.717, 1.165) is 11.4 Å². The number of para-hydroxylation sites is 1. The van der Waals surface area contributed by atoms with Crippen LogP contribution in [0.2, 0.25) is 0 Å². The molecule has 0 unspecified atom stereocenters. The molecule has 25 heavy (non-hydrogen) atoms. The molecule has 2 aromatic carbocycles. The van der Waals surface area contributed by atoms with Gasteiger partial charge in [0.05, 0.1) is 7.11 Å². The Bertz CT molecular complexity index is 1000. The minimum Gasteiger partial charge on any atom is -0.497 e. The SMILES string of the molecule is COc1cccc(Nc2nnc3ccc(Oc4ccccc4)nn23)c1. The zero-order chi connectivity index (χ0) is 17.1. The van der Waals surface area contributed by atoms with Crippen LogP contribution in [0.4, 0.5) is 11.6 Å². The zero-order valence-electron chi connectivity index (χ0n) is 13.5. The normalized spacial score (nSPS) is 10.6. The molecular formula is C18H15N5O2. The van der Waals surface area contributed by atoms with Crippen molar-refractivity contribution in [2.75, 3.05) is 12.4 Å². The summed E-state index contributed by atoms with van der Waals surface area (Å²) in [7, 11) is 1.63. The third-order valence-corrected chi connectivity index (χ3v) is 3.53. The number of methoxy groups -OCH3 is 1. The summed E-state index contributed by atoms with van der Waals surface area (Å²) in [6, 6.07) is 20.6. The minimum absolute atomic E-state index is 0.451. The van der Waals surface area contributed by atoms with Crippen molar-refractivity contribution in [1.29, 1.82) is 0 Å². The van der Waals surface area contributed by atoms with Gasteiger partial charge >= 0.3 is 0 Å². The molecule has 4 rings (SSSR count). The average Bonchev–Trinajstić information content (AvgIpc) is 3.05. The molecular weight excluding hydrogens is 318 g/mol. The maximum atomic E-state index is 5.76. The number of rotatable bonds is 5. The predicted molar refractivity (Wildman–Crippen MR) is 93.6 cm³/mol. The Morgan fingerprint density at radius 3 is 2.56 bits per heavy atom. The number of aromatic nitrogens is 4. The van der Waals surface area contributed by atoms with Gasteiger partial charge in [0.15, 0.2) is 5.65 Å². The van der Waals surface area contributed by atoms with Crippen molar-refractivity contribution in [3.8, 4) is 17.4 Å². The Balaban J connectivity index is 1.64. The van der Waals surface area contributed by atoms with E-state index < -0.39 is 0 Å². The average molecular weight is 333 g/mol. The molecule has 0 aliphatic rings. The highest BCUT2D eigenvalue weighted by molar-refractivity contribution is 5.58. The summed E-state index contributed by atoms with van der Waals surface area (Å²) >= 11 is 0. The van der Waals surface area contributed by atoms with Crippen LogP contribution in [0.15, 0.2) is 66.7 Å². The molecule has 1 N–H and O–H groups in total. The molecule has 0 saturated carbocycles. The smallest absolute Gasteiger partial charge is 0.250 e. The van der Waals surface area contributed by atoms with Crippen LogP contribution in [-0.2, 0) is 0 Å². The summed E-state index contributed by atoms with van der Waals surface area (Å²) in [5, 5.41) is 15.9. The summed E-state index contributed by atoms with van der Waals surface area (Å²) in [6.07, 6.45) is 0. The van der Waals surface area contributed by atoms with Gasteiger partial charge in [-0.05, 0) is 30.3 Å². The molecule has 2 aromatic heterocycles. The van der Waals surface area contributed by atoms with Crippen molar-refractivity contribution in [3.05, 3.63) is 66.7 Å². The molecule has 2 heterocycles. The molecule has 0 atom stereocenters. The van der Waals surface area contributed by atoms with Crippen molar-refractivity contribution >= 4 is 17.3 Å². The number of ether oxygens (including phenoxy) is 2. The number of nitrogens with one attached hydrogen (secondary N) is 1. The van der Waals surface area contributed by atoms with E-state index in [1.165, 1.54) is 0 Å². The van der Waals surface area contributed by atoms with Crippen molar-refractivity contribution in [3.63, 3.8) is 0 Å². The fourth-order valence-corrected chi connectivity index (χ4v) is 2.34. The molecule has 0 aliphatic carbocycles. The first kappa shape index (κ1) is 14.9. The van der Waals surface area contributed by atoms with Crippen LogP contribution in [-0.4, -0.2) is 26.9 Å². The van der Waals surface area contributed by atoms with E-state index in [2.05, 4.69) is 20.6 Å². The lowest BCUT2D eigenvalue weighted by Crippen LogP contribution is -2.01. The van der Waals surface area contributed by atoms with E-state index in [1.807, 2.05) is 54.6 Å². The van der Waals surface area contributed by atoms with Gasteiger partial charge in [-0.25, -0.2) is 0 Å². The third kappa shape index (κ3) is 3.20. The summed E-state index contributed by atoms with van der Waals surface area (Å²) in [5.74, 6) is 2.40. The van der Waals surface area contributed by atoms with Gasteiger partial charge in [-0.3, -0.25) is 0 Å². The number of hydrogen-bond donors (Lipinski definition) is 1. The standard InChI is InChI=1S/C18H15N5O2/c1-24-15-9-5-6-13(12-15)19-18-21-20-16-10-11-17(22-23(16)18)25-14-7-3-2-4-8-14/h2-12H,1H3,(H,19,21). The van der Waals surface area contributed by atoms with Gasteiger partial charge in [-0.1, -0.05) is 24.3 Å². The van der Waals surface area contributed by atoms with E-state index in [4.69, 9.17) is 9.47 Å². The molecule has 4 aromatic rings. The van der Waals surface area contributed by atoms with Gasteiger partial charge in [0, 0.05) is 17.8 Å². The second-order valence-electron chi connectivity index (χ2n) is 5.24. The highest BCUT2D eigenvalue weighted by Gasteiger charge is 2.09. The summed E-state index contributed by atoms with van der Waals surface area (Å²) < 4.78 is 12.6. The first-order valence-corrected chi connectivity index (χ1v) is 7.68. The lowest BCUT2D eigenvalue weighted by atomic mass is 10.3. The van der Waals surface area contributed by atoms with Gasteiger partial charge in [-0.15, -0.1) is 15.3 Å². The van der Waals surface area contributed by atoms with Crippen LogP contribution in [0, 0.1) is 0 Å². The van der Waals surface area contributed by atoms with Crippen molar-refractivity contribution < 1.29 is 9.47 Å². The molecule has 7 heteroatoms. The van der Waals surface area contributed by atoms with E-state index in [1.54, 1.807) is 23.8 Å². The molecule has 0 radical (unpaired) electrons. The zero-order valence-corrected chi connectivity index (χ0v) is 13.5. The van der Waals surface area contributed by atoms with Gasteiger partial charge in [0.1, 0.15) is 11.5 Å². The van der Waals surface area contributed by atoms with Gasteiger partial charge in [0.2, 0.25) is 5.88 Å². The fraction of sp³-hybridized carbons (Fsp3) is 0.0556. The Hall–Kier alpha value is -3.61. The van der Waals surface area contributed by atoms with Crippen molar-refractivity contribution in [2.24, 2.45) is 0 Å². The van der Waals surface area contributed by atoms with Gasteiger partial charge < -0.3 is 14.8 Å². The lowest BCUT2D eigenvalue weighted by Gasteiger charge is -2.07. The first-order chi connectivity index (χ1) is 12.3. The predicted octanol–water partition coefficient (Wildman–Crippen LogP) is 3.67. The highest BCUT2D eigenvalue weighted by Crippen LogP contribution is 2.22. The van der Waals surface area contributed by atoms with Crippen LogP contribution in [0.3, 0.4) is 0 Å². The minimum atomic E-state index is 0.451. The van der Waals surface area contributed by atoms with Gasteiger partial charge in [-0.2, -0.15) is 4.52 Å². The largest absolute Gasteiger partial charge is 0.497 e. The maximum absolute atomic E-state index is 5.76.